The summed E-state index contributed by atoms with van der Waals surface area (Å²) in [6, 6.07) is 8.57. The van der Waals surface area contributed by atoms with Crippen LogP contribution in [0.5, 0.6) is 0 Å². The highest BCUT2D eigenvalue weighted by molar-refractivity contribution is 7.15. The van der Waals surface area contributed by atoms with Gasteiger partial charge in [-0.2, -0.15) is 0 Å². The smallest absolute Gasteiger partial charge is 0.190 e. The van der Waals surface area contributed by atoms with Gasteiger partial charge >= 0.3 is 0 Å². The van der Waals surface area contributed by atoms with Crippen LogP contribution in [0.25, 0.3) is 0 Å². The third-order valence-corrected chi connectivity index (χ3v) is 5.46. The molecule has 110 valence electrons. The number of nitrogens with zero attached hydrogens (tertiary/aromatic N) is 3. The average Bonchev–Trinajstić information content (AvgIpc) is 3.28. The van der Waals surface area contributed by atoms with E-state index in [0.29, 0.717) is 12.5 Å². The van der Waals surface area contributed by atoms with Crippen molar-refractivity contribution in [3.63, 3.8) is 0 Å². The lowest BCUT2D eigenvalue weighted by atomic mass is 10.2. The first-order chi connectivity index (χ1) is 10.3. The molecule has 0 bridgehead atoms. The van der Waals surface area contributed by atoms with Gasteiger partial charge in [0, 0.05) is 37.5 Å². The Morgan fingerprint density at radius 2 is 2.00 bits per heavy atom. The molecule has 0 radical (unpaired) electrons. The molecule has 21 heavy (non-hydrogen) atoms. The second kappa shape index (κ2) is 5.00. The van der Waals surface area contributed by atoms with E-state index < -0.39 is 0 Å². The first kappa shape index (κ1) is 13.1. The van der Waals surface area contributed by atoms with Crippen LogP contribution in [0.3, 0.4) is 0 Å². The second-order valence-electron chi connectivity index (χ2n) is 5.85. The third-order valence-electron chi connectivity index (χ3n) is 4.34. The summed E-state index contributed by atoms with van der Waals surface area (Å²) in [5.41, 5.74) is 9.71. The van der Waals surface area contributed by atoms with Crippen molar-refractivity contribution < 1.29 is 0 Å². The van der Waals surface area contributed by atoms with E-state index >= 15 is 0 Å². The molecule has 1 fully saturated rings. The summed E-state index contributed by atoms with van der Waals surface area (Å²) in [5.74, 6) is 0.663. The monoisotopic (exact) mass is 300 g/mol. The summed E-state index contributed by atoms with van der Waals surface area (Å²) < 4.78 is 0. The highest BCUT2D eigenvalue weighted by Crippen LogP contribution is 2.46. The topological polar surface area (TPSA) is 45.4 Å². The van der Waals surface area contributed by atoms with E-state index in [1.54, 1.807) is 11.3 Å². The molecule has 4 rings (SSSR count). The second-order valence-corrected chi connectivity index (χ2v) is 6.91. The largest absolute Gasteiger partial charge is 0.371 e. The molecule has 0 spiro atoms. The molecule has 2 heterocycles. The number of anilines is 3. The van der Waals surface area contributed by atoms with Crippen molar-refractivity contribution in [2.45, 2.75) is 25.3 Å². The molecule has 1 aliphatic heterocycles. The van der Waals surface area contributed by atoms with Crippen LogP contribution in [0, 0.1) is 0 Å². The van der Waals surface area contributed by atoms with Crippen molar-refractivity contribution in [1.29, 1.82) is 0 Å². The number of benzene rings is 1. The van der Waals surface area contributed by atoms with Gasteiger partial charge in [-0.05, 0) is 25.0 Å². The zero-order valence-electron chi connectivity index (χ0n) is 12.2. The number of thiazole rings is 1. The molecule has 5 heteroatoms. The maximum absolute atomic E-state index is 5.92. The summed E-state index contributed by atoms with van der Waals surface area (Å²) >= 11 is 1.77. The van der Waals surface area contributed by atoms with Gasteiger partial charge in [0.25, 0.3) is 0 Å². The van der Waals surface area contributed by atoms with E-state index in [4.69, 9.17) is 10.7 Å². The van der Waals surface area contributed by atoms with Crippen molar-refractivity contribution in [3.8, 4) is 0 Å². The Kier molecular flexibility index (Phi) is 3.12. The summed E-state index contributed by atoms with van der Waals surface area (Å²) in [4.78, 5) is 10.9. The van der Waals surface area contributed by atoms with Crippen molar-refractivity contribution in [2.75, 3.05) is 29.9 Å². The minimum absolute atomic E-state index is 0.610. The van der Waals surface area contributed by atoms with Gasteiger partial charge in [-0.1, -0.05) is 23.5 Å². The first-order valence-electron chi connectivity index (χ1n) is 7.55. The standard InChI is InChI=1S/C16H20N4S/c1-19-8-9-20(13-5-3-2-4-12(13)19)16-18-15(11-6-7-11)14(10-17)21-16/h2-5,11H,6-10,17H2,1H3. The normalized spacial score (nSPS) is 18.0. The minimum atomic E-state index is 0.610. The first-order valence-corrected chi connectivity index (χ1v) is 8.37. The Hall–Kier alpha value is -1.59. The van der Waals surface area contributed by atoms with Crippen LogP contribution in [0.15, 0.2) is 24.3 Å². The maximum Gasteiger partial charge on any atom is 0.190 e. The lowest BCUT2D eigenvalue weighted by molar-refractivity contribution is 0.816. The summed E-state index contributed by atoms with van der Waals surface area (Å²) in [6.07, 6.45) is 2.55. The molecule has 0 saturated heterocycles. The third kappa shape index (κ3) is 2.21. The van der Waals surface area contributed by atoms with Crippen LogP contribution in [-0.2, 0) is 6.54 Å². The summed E-state index contributed by atoms with van der Waals surface area (Å²) in [7, 11) is 2.15. The molecule has 1 saturated carbocycles. The summed E-state index contributed by atoms with van der Waals surface area (Å²) in [6.45, 7) is 2.61. The Morgan fingerprint density at radius 1 is 1.24 bits per heavy atom. The zero-order chi connectivity index (χ0) is 14.4. The van der Waals surface area contributed by atoms with E-state index in [0.717, 1.165) is 18.2 Å². The predicted octanol–water partition coefficient (Wildman–Crippen LogP) is 3.07. The molecule has 2 aliphatic rings. The number of para-hydroxylation sites is 2. The number of aromatic nitrogens is 1. The summed E-state index contributed by atoms with van der Waals surface area (Å²) in [5, 5.41) is 1.11. The van der Waals surface area contributed by atoms with E-state index in [1.807, 2.05) is 0 Å². The minimum Gasteiger partial charge on any atom is -0.371 e. The van der Waals surface area contributed by atoms with Gasteiger partial charge in [0.2, 0.25) is 0 Å². The Bertz CT molecular complexity index is 662. The van der Waals surface area contributed by atoms with Crippen LogP contribution in [0.2, 0.25) is 0 Å². The van der Waals surface area contributed by atoms with Gasteiger partial charge in [0.15, 0.2) is 5.13 Å². The number of rotatable bonds is 3. The van der Waals surface area contributed by atoms with Gasteiger partial charge in [-0.25, -0.2) is 4.98 Å². The van der Waals surface area contributed by atoms with Crippen molar-refractivity contribution in [1.82, 2.24) is 4.98 Å². The Balaban J connectivity index is 1.75. The molecule has 1 aromatic heterocycles. The number of fused-ring (bicyclic) bond motifs is 1. The number of likely N-dealkylation sites (N-methyl/N-ethyl adjacent to an activating group) is 1. The SMILES string of the molecule is CN1CCN(c2nc(C3CC3)c(CN)s2)c2ccccc21. The van der Waals surface area contributed by atoms with Crippen LogP contribution in [0.4, 0.5) is 16.5 Å². The fraction of sp³-hybridized carbons (Fsp3) is 0.438. The van der Waals surface area contributed by atoms with Crippen molar-refractivity contribution >= 4 is 27.8 Å². The van der Waals surface area contributed by atoms with Crippen molar-refractivity contribution in [2.24, 2.45) is 5.73 Å². The quantitative estimate of drug-likeness (QED) is 0.946. The van der Waals surface area contributed by atoms with Gasteiger partial charge in [-0.15, -0.1) is 0 Å². The van der Waals surface area contributed by atoms with Gasteiger partial charge in [-0.3, -0.25) is 0 Å². The van der Waals surface area contributed by atoms with Gasteiger partial charge in [0.1, 0.15) is 0 Å². The molecule has 1 aromatic carbocycles. The van der Waals surface area contributed by atoms with E-state index in [2.05, 4.69) is 41.1 Å². The molecule has 1 aliphatic carbocycles. The van der Waals surface area contributed by atoms with Crippen LogP contribution in [-0.4, -0.2) is 25.1 Å². The van der Waals surface area contributed by atoms with Crippen LogP contribution >= 0.6 is 11.3 Å². The number of nitrogens with two attached hydrogens (primary N) is 1. The molecule has 0 amide bonds. The number of hydrogen-bond donors (Lipinski definition) is 1. The Labute approximate surface area is 129 Å². The maximum atomic E-state index is 5.92. The molecule has 2 aromatic rings. The highest BCUT2D eigenvalue weighted by atomic mass is 32.1. The van der Waals surface area contributed by atoms with Crippen LogP contribution < -0.4 is 15.5 Å². The molecule has 4 nitrogen and oxygen atoms in total. The molecular weight excluding hydrogens is 280 g/mol. The number of hydrogen-bond acceptors (Lipinski definition) is 5. The fourth-order valence-electron chi connectivity index (χ4n) is 2.99. The Morgan fingerprint density at radius 3 is 2.71 bits per heavy atom. The van der Waals surface area contributed by atoms with E-state index in [9.17, 15) is 0 Å². The zero-order valence-corrected chi connectivity index (χ0v) is 13.1. The van der Waals surface area contributed by atoms with Gasteiger partial charge in [0.05, 0.1) is 17.1 Å². The highest BCUT2D eigenvalue weighted by Gasteiger charge is 2.31. The van der Waals surface area contributed by atoms with Crippen molar-refractivity contribution in [3.05, 3.63) is 34.8 Å². The molecule has 0 atom stereocenters. The van der Waals surface area contributed by atoms with E-state index in [-0.39, 0.29) is 0 Å². The fourth-order valence-corrected chi connectivity index (χ4v) is 4.06. The van der Waals surface area contributed by atoms with E-state index in [1.165, 1.54) is 34.8 Å². The van der Waals surface area contributed by atoms with Crippen LogP contribution in [0.1, 0.15) is 29.3 Å². The predicted molar refractivity (Wildman–Crippen MR) is 88.7 cm³/mol. The lowest BCUT2D eigenvalue weighted by Gasteiger charge is -2.35. The van der Waals surface area contributed by atoms with Gasteiger partial charge < -0.3 is 15.5 Å². The molecule has 0 unspecified atom stereocenters. The lowest BCUT2D eigenvalue weighted by Crippen LogP contribution is -2.36. The average molecular weight is 300 g/mol. The molecular formula is C16H20N4S. The molecule has 2 N–H and O–H groups in total.